The van der Waals surface area contributed by atoms with Gasteiger partial charge in [-0.25, -0.2) is 0 Å². The van der Waals surface area contributed by atoms with Crippen LogP contribution in [0.15, 0.2) is 83.0 Å². The lowest BCUT2D eigenvalue weighted by atomic mass is 10.2. The third-order valence-electron chi connectivity index (χ3n) is 5.46. The number of para-hydroxylation sites is 1. The molecular weight excluding hydrogens is 515 g/mol. The number of rotatable bonds is 8. The molecule has 37 heavy (non-hydrogen) atoms. The lowest BCUT2D eigenvalue weighted by Gasteiger charge is -2.08. The fourth-order valence-electron chi connectivity index (χ4n) is 3.60. The Morgan fingerprint density at radius 1 is 1.05 bits per heavy atom. The Balaban J connectivity index is 1.44. The molecule has 0 atom stereocenters. The van der Waals surface area contributed by atoms with E-state index in [-0.39, 0.29) is 18.1 Å². The highest BCUT2D eigenvalue weighted by molar-refractivity contribution is 6.42. The number of carbonyl (C=O) groups excluding carboxylic acids is 2. The molecule has 0 radical (unpaired) electrons. The highest BCUT2D eigenvalue weighted by atomic mass is 35.5. The lowest BCUT2D eigenvalue weighted by Crippen LogP contribution is -2.26. The number of amides is 2. The fourth-order valence-corrected chi connectivity index (χ4v) is 3.92. The Hall–Kier alpha value is -4.14. The zero-order valence-electron chi connectivity index (χ0n) is 19.7. The van der Waals surface area contributed by atoms with Crippen molar-refractivity contribution >= 4 is 57.7 Å². The second kappa shape index (κ2) is 11.7. The van der Waals surface area contributed by atoms with Gasteiger partial charge in [0.05, 0.1) is 29.2 Å². The molecule has 10 heteroatoms. The van der Waals surface area contributed by atoms with Crippen LogP contribution < -0.4 is 10.1 Å². The summed E-state index contributed by atoms with van der Waals surface area (Å²) in [6.07, 6.45) is 2.93. The number of aromatic nitrogens is 1. The van der Waals surface area contributed by atoms with Crippen molar-refractivity contribution in [2.75, 3.05) is 13.7 Å². The van der Waals surface area contributed by atoms with Crippen LogP contribution in [0.25, 0.3) is 17.0 Å². The Morgan fingerprint density at radius 2 is 1.81 bits per heavy atom. The van der Waals surface area contributed by atoms with Gasteiger partial charge in [0.1, 0.15) is 12.3 Å². The van der Waals surface area contributed by atoms with E-state index >= 15 is 0 Å². The molecule has 188 valence electrons. The molecule has 1 aromatic heterocycles. The number of aromatic hydroxyl groups is 1. The summed E-state index contributed by atoms with van der Waals surface area (Å²) in [7, 11) is 1.57. The van der Waals surface area contributed by atoms with Crippen LogP contribution in [0.4, 0.5) is 5.69 Å². The number of fused-ring (bicyclic) bond motifs is 1. The average Bonchev–Trinajstić information content (AvgIpc) is 3.17. The van der Waals surface area contributed by atoms with Crippen molar-refractivity contribution in [2.24, 2.45) is 10.2 Å². The van der Waals surface area contributed by atoms with Crippen LogP contribution in [0.5, 0.6) is 11.6 Å². The topological polar surface area (TPSA) is 105 Å². The molecule has 0 unspecified atom stereocenters. The van der Waals surface area contributed by atoms with Crippen LogP contribution in [0, 0.1) is 0 Å². The van der Waals surface area contributed by atoms with E-state index in [4.69, 9.17) is 27.9 Å². The van der Waals surface area contributed by atoms with Crippen molar-refractivity contribution in [3.63, 3.8) is 0 Å². The van der Waals surface area contributed by atoms with E-state index < -0.39 is 11.8 Å². The van der Waals surface area contributed by atoms with Crippen molar-refractivity contribution in [3.05, 3.63) is 94.0 Å². The van der Waals surface area contributed by atoms with Gasteiger partial charge in [0.15, 0.2) is 5.69 Å². The van der Waals surface area contributed by atoms with Gasteiger partial charge in [0.25, 0.3) is 5.91 Å². The molecule has 2 N–H and O–H groups in total. The summed E-state index contributed by atoms with van der Waals surface area (Å²) in [6.45, 7) is -0.0543. The zero-order chi connectivity index (χ0) is 26.4. The Kier molecular flexibility index (Phi) is 8.22. The number of ether oxygens (including phenoxy) is 1. The molecule has 2 amide bonds. The first kappa shape index (κ1) is 25.9. The normalized spacial score (nSPS) is 11.4. The molecule has 0 aliphatic heterocycles. The van der Waals surface area contributed by atoms with E-state index in [1.165, 1.54) is 6.08 Å². The van der Waals surface area contributed by atoms with Gasteiger partial charge < -0.3 is 19.7 Å². The first-order valence-electron chi connectivity index (χ1n) is 11.1. The molecule has 0 aliphatic rings. The van der Waals surface area contributed by atoms with Crippen molar-refractivity contribution in [1.82, 2.24) is 9.88 Å². The molecule has 0 bridgehead atoms. The molecule has 0 spiro atoms. The summed E-state index contributed by atoms with van der Waals surface area (Å²) in [6, 6.07) is 19.6. The van der Waals surface area contributed by atoms with Gasteiger partial charge in [-0.05, 0) is 47.5 Å². The molecular formula is C27H22Cl2N4O4. The van der Waals surface area contributed by atoms with Gasteiger partial charge in [0, 0.05) is 11.5 Å². The smallest absolute Gasteiger partial charge is 0.283 e. The van der Waals surface area contributed by atoms with E-state index in [1.54, 1.807) is 72.4 Å². The van der Waals surface area contributed by atoms with Crippen LogP contribution in [0.2, 0.25) is 10.0 Å². The third-order valence-corrected chi connectivity index (χ3v) is 6.20. The number of hydrogen-bond acceptors (Lipinski definition) is 5. The largest absolute Gasteiger partial charge is 0.497 e. The van der Waals surface area contributed by atoms with E-state index in [0.717, 1.165) is 11.1 Å². The van der Waals surface area contributed by atoms with Crippen molar-refractivity contribution in [2.45, 2.75) is 6.54 Å². The van der Waals surface area contributed by atoms with Crippen LogP contribution in [-0.2, 0) is 16.1 Å². The van der Waals surface area contributed by atoms with Gasteiger partial charge in [-0.3, -0.25) is 9.59 Å². The number of azo groups is 1. The van der Waals surface area contributed by atoms with E-state index in [2.05, 4.69) is 15.5 Å². The maximum absolute atomic E-state index is 12.3. The summed E-state index contributed by atoms with van der Waals surface area (Å²) < 4.78 is 6.73. The third kappa shape index (κ3) is 6.35. The number of benzene rings is 3. The number of nitrogens with zero attached hydrogens (tertiary/aromatic N) is 3. The zero-order valence-corrected chi connectivity index (χ0v) is 21.2. The highest BCUT2D eigenvalue weighted by Gasteiger charge is 2.17. The first-order valence-corrected chi connectivity index (χ1v) is 11.9. The predicted octanol–water partition coefficient (Wildman–Crippen LogP) is 6.15. The number of nitrogens with one attached hydrogen (secondary N) is 1. The van der Waals surface area contributed by atoms with Crippen LogP contribution >= 0.6 is 23.2 Å². The minimum Gasteiger partial charge on any atom is -0.497 e. The molecule has 0 saturated carbocycles. The van der Waals surface area contributed by atoms with Crippen molar-refractivity contribution < 1.29 is 19.4 Å². The number of hydrogen-bond donors (Lipinski definition) is 2. The highest BCUT2D eigenvalue weighted by Crippen LogP contribution is 2.39. The monoisotopic (exact) mass is 536 g/mol. The minimum absolute atomic E-state index is 0.148. The summed E-state index contributed by atoms with van der Waals surface area (Å²) in [5.74, 6) is -0.580. The minimum atomic E-state index is -0.674. The molecule has 4 rings (SSSR count). The van der Waals surface area contributed by atoms with Crippen LogP contribution in [0.3, 0.4) is 0 Å². The Bertz CT molecular complexity index is 1510. The molecule has 1 heterocycles. The van der Waals surface area contributed by atoms with Gasteiger partial charge in [0.2, 0.25) is 11.8 Å². The molecule has 4 aromatic rings. The maximum Gasteiger partial charge on any atom is 0.283 e. The Labute approximate surface area is 222 Å². The standard InChI is InChI=1S/C27H22Cl2N4O4/c1-37-19-10-6-17(7-11-19)9-13-24(34)30-15-25(35)31-32-26-20-4-2-3-5-23(20)33(27(26)36)16-18-8-12-21(28)22(29)14-18/h2-14,36H,15-16H2,1H3,(H,30,34)/b13-9+,32-31?. The molecule has 0 fully saturated rings. The van der Waals surface area contributed by atoms with Crippen LogP contribution in [0.1, 0.15) is 11.1 Å². The molecule has 0 saturated heterocycles. The van der Waals surface area contributed by atoms with Crippen LogP contribution in [-0.4, -0.2) is 35.1 Å². The van der Waals surface area contributed by atoms with Crippen molar-refractivity contribution in [1.29, 1.82) is 0 Å². The number of halogens is 2. The van der Waals surface area contributed by atoms with Crippen molar-refractivity contribution in [3.8, 4) is 11.6 Å². The van der Waals surface area contributed by atoms with Gasteiger partial charge in [-0.1, -0.05) is 59.6 Å². The summed E-state index contributed by atoms with van der Waals surface area (Å²) in [5, 5.41) is 22.5. The predicted molar refractivity (Wildman–Crippen MR) is 144 cm³/mol. The van der Waals surface area contributed by atoms with E-state index in [1.807, 2.05) is 12.1 Å². The number of methoxy groups -OCH3 is 1. The SMILES string of the molecule is COc1ccc(/C=C/C(=O)NCC(=O)N=Nc2c(O)n(Cc3ccc(Cl)c(Cl)c3)c3ccccc23)cc1. The lowest BCUT2D eigenvalue weighted by molar-refractivity contribution is -0.122. The van der Waals surface area contributed by atoms with Gasteiger partial charge in [-0.15, -0.1) is 10.2 Å². The summed E-state index contributed by atoms with van der Waals surface area (Å²) in [4.78, 5) is 24.3. The second-order valence-electron chi connectivity index (χ2n) is 7.94. The number of carbonyl (C=O) groups is 2. The fraction of sp³-hybridized carbons (Fsp3) is 0.111. The summed E-state index contributed by atoms with van der Waals surface area (Å²) >= 11 is 12.1. The molecule has 3 aromatic carbocycles. The van der Waals surface area contributed by atoms with E-state index in [9.17, 15) is 14.7 Å². The second-order valence-corrected chi connectivity index (χ2v) is 8.76. The van der Waals surface area contributed by atoms with Gasteiger partial charge >= 0.3 is 0 Å². The quantitative estimate of drug-likeness (QED) is 0.208. The molecule has 8 nitrogen and oxygen atoms in total. The Morgan fingerprint density at radius 3 is 2.54 bits per heavy atom. The first-order chi connectivity index (χ1) is 17.9. The average molecular weight is 537 g/mol. The van der Waals surface area contributed by atoms with Gasteiger partial charge in [-0.2, -0.15) is 0 Å². The molecule has 0 aliphatic carbocycles. The van der Waals surface area contributed by atoms with E-state index in [0.29, 0.717) is 33.2 Å². The summed E-state index contributed by atoms with van der Waals surface area (Å²) in [5.41, 5.74) is 2.46. The maximum atomic E-state index is 12.3.